The number of sulfone groups is 1. The van der Waals surface area contributed by atoms with Crippen molar-refractivity contribution < 1.29 is 23.1 Å². The molecule has 0 aromatic heterocycles. The number of hydrogen-bond donors (Lipinski definition) is 2. The van der Waals surface area contributed by atoms with Crippen LogP contribution in [0.25, 0.3) is 0 Å². The van der Waals surface area contributed by atoms with Crippen LogP contribution in [0.15, 0.2) is 17.0 Å². The van der Waals surface area contributed by atoms with E-state index in [1.54, 1.807) is 6.07 Å². The highest BCUT2D eigenvalue weighted by Crippen LogP contribution is 2.25. The van der Waals surface area contributed by atoms with Gasteiger partial charge in [0.2, 0.25) is 5.91 Å². The summed E-state index contributed by atoms with van der Waals surface area (Å²) in [4.78, 5) is 22.1. The molecule has 1 aromatic rings. The molecule has 0 fully saturated rings. The Bertz CT molecular complexity index is 737. The molecule has 0 atom stereocenters. The van der Waals surface area contributed by atoms with E-state index in [1.807, 2.05) is 0 Å². The molecule has 0 unspecified atom stereocenters. The van der Waals surface area contributed by atoms with Crippen molar-refractivity contribution in [3.63, 3.8) is 0 Å². The van der Waals surface area contributed by atoms with Gasteiger partial charge in [-0.3, -0.25) is 4.79 Å². The zero-order chi connectivity index (χ0) is 16.2. The number of carboxylic acids is 1. The second-order valence-corrected chi connectivity index (χ2v) is 6.47. The summed E-state index contributed by atoms with van der Waals surface area (Å²) in [5.74, 6) is -3.07. The standard InChI is InChI=1S/C12H11ClN2O5S/c1-7-9(12(17)18)4-8(13)5-10(7)21(19,20)6-11(16)15-3-2-14/h4-5H,3,6H2,1H3,(H,15,16)(H,17,18). The Morgan fingerprint density at radius 2 is 2.05 bits per heavy atom. The molecule has 0 heterocycles. The summed E-state index contributed by atoms with van der Waals surface area (Å²) < 4.78 is 24.3. The first-order valence-corrected chi connectivity index (χ1v) is 7.62. The Morgan fingerprint density at radius 3 is 2.57 bits per heavy atom. The van der Waals surface area contributed by atoms with Gasteiger partial charge in [0.1, 0.15) is 12.3 Å². The van der Waals surface area contributed by atoms with E-state index in [1.165, 1.54) is 6.92 Å². The predicted molar refractivity (Wildman–Crippen MR) is 73.8 cm³/mol. The van der Waals surface area contributed by atoms with Crippen molar-refractivity contribution in [1.82, 2.24) is 5.32 Å². The average Bonchev–Trinajstić information content (AvgIpc) is 2.37. The predicted octanol–water partition coefficient (Wildman–Crippen LogP) is 0.760. The summed E-state index contributed by atoms with van der Waals surface area (Å²) >= 11 is 5.72. The van der Waals surface area contributed by atoms with Gasteiger partial charge in [-0.2, -0.15) is 5.26 Å². The van der Waals surface area contributed by atoms with Crippen molar-refractivity contribution in [3.8, 4) is 6.07 Å². The molecule has 1 amide bonds. The minimum Gasteiger partial charge on any atom is -0.478 e. The molecule has 0 saturated heterocycles. The number of amides is 1. The fraction of sp³-hybridized carbons (Fsp3) is 0.250. The van der Waals surface area contributed by atoms with Crippen molar-refractivity contribution in [2.75, 3.05) is 12.3 Å². The summed E-state index contributed by atoms with van der Waals surface area (Å²) in [5.41, 5.74) is -0.251. The van der Waals surface area contributed by atoms with Gasteiger partial charge in [-0.1, -0.05) is 11.6 Å². The van der Waals surface area contributed by atoms with Crippen LogP contribution in [0, 0.1) is 18.3 Å². The lowest BCUT2D eigenvalue weighted by atomic mass is 10.1. The van der Waals surface area contributed by atoms with E-state index in [-0.39, 0.29) is 27.6 Å². The number of nitrogens with zero attached hydrogens (tertiary/aromatic N) is 1. The van der Waals surface area contributed by atoms with Crippen molar-refractivity contribution in [3.05, 3.63) is 28.3 Å². The molecule has 0 bridgehead atoms. The monoisotopic (exact) mass is 330 g/mol. The molecule has 7 nitrogen and oxygen atoms in total. The van der Waals surface area contributed by atoms with E-state index >= 15 is 0 Å². The molecule has 0 spiro atoms. The zero-order valence-electron chi connectivity index (χ0n) is 10.9. The Kier molecular flexibility index (Phi) is 5.29. The molecule has 0 radical (unpaired) electrons. The van der Waals surface area contributed by atoms with Crippen LogP contribution in [0.5, 0.6) is 0 Å². The summed E-state index contributed by atoms with van der Waals surface area (Å²) in [5, 5.41) is 19.4. The number of halogens is 1. The highest BCUT2D eigenvalue weighted by Gasteiger charge is 2.24. The highest BCUT2D eigenvalue weighted by molar-refractivity contribution is 7.92. The SMILES string of the molecule is Cc1c(C(=O)O)cc(Cl)cc1S(=O)(=O)CC(=O)NCC#N. The van der Waals surface area contributed by atoms with Gasteiger partial charge in [0.25, 0.3) is 0 Å². The van der Waals surface area contributed by atoms with E-state index in [0.717, 1.165) is 12.1 Å². The van der Waals surface area contributed by atoms with Crippen LogP contribution >= 0.6 is 11.6 Å². The lowest BCUT2D eigenvalue weighted by Gasteiger charge is -2.10. The Labute approximate surface area is 126 Å². The largest absolute Gasteiger partial charge is 0.478 e. The Morgan fingerprint density at radius 1 is 1.43 bits per heavy atom. The van der Waals surface area contributed by atoms with Crippen LogP contribution < -0.4 is 5.32 Å². The van der Waals surface area contributed by atoms with Crippen LogP contribution in [-0.4, -0.2) is 37.7 Å². The van der Waals surface area contributed by atoms with Crippen LogP contribution in [0.3, 0.4) is 0 Å². The Hall–Kier alpha value is -2.11. The molecule has 0 aliphatic rings. The van der Waals surface area contributed by atoms with Gasteiger partial charge in [-0.15, -0.1) is 0 Å². The number of carbonyl (C=O) groups excluding carboxylic acids is 1. The molecule has 112 valence electrons. The third-order valence-corrected chi connectivity index (χ3v) is 4.53. The number of aromatic carboxylic acids is 1. The summed E-state index contributed by atoms with van der Waals surface area (Å²) in [6, 6.07) is 3.87. The molecular weight excluding hydrogens is 320 g/mol. The van der Waals surface area contributed by atoms with E-state index < -0.39 is 27.5 Å². The maximum atomic E-state index is 12.2. The number of nitriles is 1. The zero-order valence-corrected chi connectivity index (χ0v) is 12.5. The van der Waals surface area contributed by atoms with E-state index in [4.69, 9.17) is 22.0 Å². The van der Waals surface area contributed by atoms with Gasteiger partial charge in [0.05, 0.1) is 16.5 Å². The van der Waals surface area contributed by atoms with Crippen molar-refractivity contribution in [2.45, 2.75) is 11.8 Å². The first-order valence-electron chi connectivity index (χ1n) is 5.59. The van der Waals surface area contributed by atoms with Crippen molar-refractivity contribution >= 4 is 33.3 Å². The second-order valence-electron chi connectivity index (χ2n) is 4.08. The summed E-state index contributed by atoms with van der Waals surface area (Å²) in [6.07, 6.45) is 0. The molecule has 21 heavy (non-hydrogen) atoms. The Balaban J connectivity index is 3.24. The topological polar surface area (TPSA) is 124 Å². The molecule has 0 aliphatic carbocycles. The number of carboxylic acid groups (broad SMARTS) is 1. The summed E-state index contributed by atoms with van der Waals surface area (Å²) in [6.45, 7) is 1.00. The van der Waals surface area contributed by atoms with Gasteiger partial charge in [0, 0.05) is 5.02 Å². The van der Waals surface area contributed by atoms with E-state index in [0.29, 0.717) is 0 Å². The number of nitrogens with one attached hydrogen (secondary N) is 1. The maximum Gasteiger partial charge on any atom is 0.336 e. The number of hydrogen-bond acceptors (Lipinski definition) is 5. The lowest BCUT2D eigenvalue weighted by molar-refractivity contribution is -0.118. The maximum absolute atomic E-state index is 12.2. The van der Waals surface area contributed by atoms with Gasteiger partial charge in [-0.05, 0) is 24.6 Å². The average molecular weight is 331 g/mol. The van der Waals surface area contributed by atoms with Gasteiger partial charge < -0.3 is 10.4 Å². The molecule has 0 aliphatic heterocycles. The van der Waals surface area contributed by atoms with Crippen molar-refractivity contribution in [1.29, 1.82) is 5.26 Å². The summed E-state index contributed by atoms with van der Waals surface area (Å²) in [7, 11) is -4.07. The molecular formula is C12H11ClN2O5S. The van der Waals surface area contributed by atoms with E-state index in [2.05, 4.69) is 5.32 Å². The van der Waals surface area contributed by atoms with Crippen LogP contribution in [0.1, 0.15) is 15.9 Å². The second kappa shape index (κ2) is 6.56. The molecule has 0 saturated carbocycles. The highest BCUT2D eigenvalue weighted by atomic mass is 35.5. The lowest BCUT2D eigenvalue weighted by Crippen LogP contribution is -2.30. The number of rotatable bonds is 5. The third kappa shape index (κ3) is 4.18. The quantitative estimate of drug-likeness (QED) is 0.768. The number of benzene rings is 1. The fourth-order valence-electron chi connectivity index (χ4n) is 1.64. The minimum atomic E-state index is -4.07. The molecule has 2 N–H and O–H groups in total. The molecule has 9 heteroatoms. The van der Waals surface area contributed by atoms with Crippen molar-refractivity contribution in [2.24, 2.45) is 0 Å². The fourth-order valence-corrected chi connectivity index (χ4v) is 3.41. The van der Waals surface area contributed by atoms with E-state index in [9.17, 15) is 18.0 Å². The third-order valence-electron chi connectivity index (χ3n) is 2.58. The normalized spacial score (nSPS) is 10.7. The first kappa shape index (κ1) is 16.9. The van der Waals surface area contributed by atoms with Crippen LogP contribution in [0.2, 0.25) is 5.02 Å². The smallest absolute Gasteiger partial charge is 0.336 e. The minimum absolute atomic E-state index is 0.0000156. The van der Waals surface area contributed by atoms with Gasteiger partial charge in [0.15, 0.2) is 9.84 Å². The molecule has 1 aromatic carbocycles. The van der Waals surface area contributed by atoms with Crippen LogP contribution in [-0.2, 0) is 14.6 Å². The van der Waals surface area contributed by atoms with Crippen LogP contribution in [0.4, 0.5) is 0 Å². The molecule has 1 rings (SSSR count). The number of carbonyl (C=O) groups is 2. The van der Waals surface area contributed by atoms with Gasteiger partial charge >= 0.3 is 5.97 Å². The van der Waals surface area contributed by atoms with Gasteiger partial charge in [-0.25, -0.2) is 13.2 Å². The first-order chi connectivity index (χ1) is 9.69.